The molecular formula is C13H19N3O. The number of amides is 1. The van der Waals surface area contributed by atoms with Gasteiger partial charge in [-0.15, -0.1) is 0 Å². The van der Waals surface area contributed by atoms with E-state index in [1.807, 2.05) is 37.3 Å². The molecule has 0 radical (unpaired) electrons. The van der Waals surface area contributed by atoms with Gasteiger partial charge in [-0.2, -0.15) is 0 Å². The lowest BCUT2D eigenvalue weighted by Crippen LogP contribution is -2.38. The van der Waals surface area contributed by atoms with E-state index in [0.29, 0.717) is 0 Å². The standard InChI is InChI=1S/C13H19N3O/c1-3-11(10-7-5-4-6-8-10)16-13(17)9(2)12(14)15/h4-9,11H,3H2,1-2H3,(H3,14,15)(H,16,17)/t9?,11-/m1/s1. The van der Waals surface area contributed by atoms with E-state index in [4.69, 9.17) is 11.1 Å². The number of carbonyl (C=O) groups is 1. The van der Waals surface area contributed by atoms with Gasteiger partial charge >= 0.3 is 0 Å². The van der Waals surface area contributed by atoms with Crippen molar-refractivity contribution in [1.29, 1.82) is 5.41 Å². The molecule has 0 aliphatic rings. The fraction of sp³-hybridized carbons (Fsp3) is 0.385. The van der Waals surface area contributed by atoms with Gasteiger partial charge in [-0.05, 0) is 18.9 Å². The van der Waals surface area contributed by atoms with E-state index in [1.165, 1.54) is 0 Å². The molecule has 1 amide bonds. The summed E-state index contributed by atoms with van der Waals surface area (Å²) in [7, 11) is 0. The molecule has 0 fully saturated rings. The first-order valence-corrected chi connectivity index (χ1v) is 5.75. The van der Waals surface area contributed by atoms with Crippen molar-refractivity contribution in [3.05, 3.63) is 35.9 Å². The summed E-state index contributed by atoms with van der Waals surface area (Å²) >= 11 is 0. The topological polar surface area (TPSA) is 79.0 Å². The van der Waals surface area contributed by atoms with Gasteiger partial charge in [-0.25, -0.2) is 0 Å². The zero-order chi connectivity index (χ0) is 12.8. The van der Waals surface area contributed by atoms with Gasteiger partial charge in [0.05, 0.1) is 12.0 Å². The Hall–Kier alpha value is -1.84. The zero-order valence-electron chi connectivity index (χ0n) is 10.2. The Balaban J connectivity index is 2.71. The van der Waals surface area contributed by atoms with E-state index in [0.717, 1.165) is 12.0 Å². The Morgan fingerprint density at radius 3 is 2.47 bits per heavy atom. The van der Waals surface area contributed by atoms with Gasteiger partial charge in [0.25, 0.3) is 0 Å². The van der Waals surface area contributed by atoms with Crippen LogP contribution in [0, 0.1) is 11.3 Å². The maximum atomic E-state index is 11.8. The molecule has 0 saturated carbocycles. The van der Waals surface area contributed by atoms with Gasteiger partial charge in [0.15, 0.2) is 0 Å². The van der Waals surface area contributed by atoms with E-state index in [2.05, 4.69) is 5.32 Å². The average Bonchev–Trinajstić information content (AvgIpc) is 2.35. The number of nitrogens with two attached hydrogens (primary N) is 1. The Kier molecular flexibility index (Phi) is 4.69. The molecule has 0 saturated heterocycles. The van der Waals surface area contributed by atoms with Crippen LogP contribution in [0.25, 0.3) is 0 Å². The fourth-order valence-electron chi connectivity index (χ4n) is 1.54. The molecule has 1 aromatic rings. The maximum absolute atomic E-state index is 11.8. The minimum Gasteiger partial charge on any atom is -0.387 e. The van der Waals surface area contributed by atoms with Crippen LogP contribution in [-0.2, 0) is 4.79 Å². The second-order valence-electron chi connectivity index (χ2n) is 4.06. The smallest absolute Gasteiger partial charge is 0.230 e. The van der Waals surface area contributed by atoms with E-state index < -0.39 is 5.92 Å². The molecule has 1 rings (SSSR count). The lowest BCUT2D eigenvalue weighted by atomic mass is 10.0. The van der Waals surface area contributed by atoms with Crippen molar-refractivity contribution in [3.8, 4) is 0 Å². The summed E-state index contributed by atoms with van der Waals surface area (Å²) < 4.78 is 0. The average molecular weight is 233 g/mol. The Bertz CT molecular complexity index is 389. The first-order chi connectivity index (χ1) is 8.06. The van der Waals surface area contributed by atoms with Gasteiger partial charge < -0.3 is 11.1 Å². The summed E-state index contributed by atoms with van der Waals surface area (Å²) in [5.74, 6) is -0.883. The lowest BCUT2D eigenvalue weighted by Gasteiger charge is -2.19. The molecule has 0 aliphatic heterocycles. The van der Waals surface area contributed by atoms with Crippen LogP contribution >= 0.6 is 0 Å². The molecule has 0 aliphatic carbocycles. The van der Waals surface area contributed by atoms with Crippen LogP contribution in [0.4, 0.5) is 0 Å². The molecule has 1 aromatic carbocycles. The summed E-state index contributed by atoms with van der Waals surface area (Å²) in [6.07, 6.45) is 0.806. The van der Waals surface area contributed by atoms with Crippen LogP contribution in [0.2, 0.25) is 0 Å². The van der Waals surface area contributed by atoms with Crippen molar-refractivity contribution >= 4 is 11.7 Å². The van der Waals surface area contributed by atoms with E-state index >= 15 is 0 Å². The normalized spacial score (nSPS) is 13.8. The third-order valence-corrected chi connectivity index (χ3v) is 2.79. The van der Waals surface area contributed by atoms with E-state index in [9.17, 15) is 4.79 Å². The Morgan fingerprint density at radius 2 is 2.00 bits per heavy atom. The quantitative estimate of drug-likeness (QED) is 0.536. The van der Waals surface area contributed by atoms with Crippen molar-refractivity contribution in [3.63, 3.8) is 0 Å². The first-order valence-electron chi connectivity index (χ1n) is 5.75. The fourth-order valence-corrected chi connectivity index (χ4v) is 1.54. The highest BCUT2D eigenvalue weighted by molar-refractivity contribution is 6.00. The minimum absolute atomic E-state index is 0.0227. The SMILES string of the molecule is CC[C@@H](NC(=O)C(C)C(=N)N)c1ccccc1. The van der Waals surface area contributed by atoms with Crippen molar-refractivity contribution in [2.24, 2.45) is 11.7 Å². The molecule has 0 heterocycles. The highest BCUT2D eigenvalue weighted by atomic mass is 16.1. The summed E-state index contributed by atoms with van der Waals surface area (Å²) in [6, 6.07) is 9.76. The molecule has 0 aromatic heterocycles. The summed E-state index contributed by atoms with van der Waals surface area (Å²) in [5, 5.41) is 10.2. The third kappa shape index (κ3) is 3.59. The Labute approximate surface area is 102 Å². The van der Waals surface area contributed by atoms with E-state index in [1.54, 1.807) is 6.92 Å². The van der Waals surface area contributed by atoms with Gasteiger partial charge in [0.2, 0.25) is 5.91 Å². The van der Waals surface area contributed by atoms with Crippen molar-refractivity contribution < 1.29 is 4.79 Å². The van der Waals surface area contributed by atoms with Crippen LogP contribution in [0.3, 0.4) is 0 Å². The molecule has 0 bridgehead atoms. The third-order valence-electron chi connectivity index (χ3n) is 2.79. The second kappa shape index (κ2) is 6.03. The predicted octanol–water partition coefficient (Wildman–Crippen LogP) is 1.83. The highest BCUT2D eigenvalue weighted by Gasteiger charge is 2.19. The van der Waals surface area contributed by atoms with Gasteiger partial charge in [0, 0.05) is 0 Å². The molecule has 1 unspecified atom stereocenters. The number of benzene rings is 1. The number of carbonyl (C=O) groups excluding carboxylic acids is 1. The number of rotatable bonds is 5. The highest BCUT2D eigenvalue weighted by Crippen LogP contribution is 2.16. The predicted molar refractivity (Wildman–Crippen MR) is 68.7 cm³/mol. The number of hydrogen-bond donors (Lipinski definition) is 3. The van der Waals surface area contributed by atoms with Crippen LogP contribution in [0.1, 0.15) is 31.9 Å². The lowest BCUT2D eigenvalue weighted by molar-refractivity contribution is -0.123. The molecule has 2 atom stereocenters. The number of amidine groups is 1. The monoisotopic (exact) mass is 233 g/mol. The maximum Gasteiger partial charge on any atom is 0.230 e. The van der Waals surface area contributed by atoms with Crippen molar-refractivity contribution in [1.82, 2.24) is 5.32 Å². The van der Waals surface area contributed by atoms with Crippen LogP contribution in [0.15, 0.2) is 30.3 Å². The number of hydrogen-bond acceptors (Lipinski definition) is 2. The summed E-state index contributed by atoms with van der Waals surface area (Å²) in [5.41, 5.74) is 6.38. The molecule has 0 spiro atoms. The van der Waals surface area contributed by atoms with Crippen molar-refractivity contribution in [2.75, 3.05) is 0 Å². The largest absolute Gasteiger partial charge is 0.387 e. The Morgan fingerprint density at radius 1 is 1.41 bits per heavy atom. The molecular weight excluding hydrogens is 214 g/mol. The second-order valence-corrected chi connectivity index (χ2v) is 4.06. The van der Waals surface area contributed by atoms with Crippen LogP contribution < -0.4 is 11.1 Å². The summed E-state index contributed by atoms with van der Waals surface area (Å²) in [4.78, 5) is 11.8. The van der Waals surface area contributed by atoms with Crippen LogP contribution in [-0.4, -0.2) is 11.7 Å². The molecule has 4 N–H and O–H groups in total. The zero-order valence-corrected chi connectivity index (χ0v) is 10.2. The van der Waals surface area contributed by atoms with E-state index in [-0.39, 0.29) is 17.8 Å². The molecule has 4 nitrogen and oxygen atoms in total. The number of nitrogens with one attached hydrogen (secondary N) is 2. The molecule has 17 heavy (non-hydrogen) atoms. The first kappa shape index (κ1) is 13.2. The van der Waals surface area contributed by atoms with Crippen molar-refractivity contribution in [2.45, 2.75) is 26.3 Å². The summed E-state index contributed by atoms with van der Waals surface area (Å²) in [6.45, 7) is 3.64. The molecule has 92 valence electrons. The van der Waals surface area contributed by atoms with Crippen LogP contribution in [0.5, 0.6) is 0 Å². The van der Waals surface area contributed by atoms with Gasteiger partial charge in [-0.3, -0.25) is 10.2 Å². The van der Waals surface area contributed by atoms with Gasteiger partial charge in [0.1, 0.15) is 5.84 Å². The van der Waals surface area contributed by atoms with Gasteiger partial charge in [-0.1, -0.05) is 37.3 Å². The minimum atomic E-state index is -0.576. The molecule has 4 heteroatoms.